The van der Waals surface area contributed by atoms with Gasteiger partial charge in [-0.15, -0.1) is 6.58 Å². The first kappa shape index (κ1) is 18.0. The van der Waals surface area contributed by atoms with Crippen LogP contribution in [0, 0.1) is 5.92 Å². The molecular formula is C22H32O. The predicted molar refractivity (Wildman–Crippen MR) is 99.7 cm³/mol. The number of rotatable bonds is 9. The highest BCUT2D eigenvalue weighted by molar-refractivity contribution is 5.25. The Balaban J connectivity index is 1.74. The summed E-state index contributed by atoms with van der Waals surface area (Å²) in [6, 6.07) is 9.11. The van der Waals surface area contributed by atoms with Gasteiger partial charge in [0, 0.05) is 0 Å². The molecule has 1 fully saturated rings. The second-order valence-corrected chi connectivity index (χ2v) is 6.72. The number of ether oxygens (including phenoxy) is 1. The zero-order valence-corrected chi connectivity index (χ0v) is 14.7. The lowest BCUT2D eigenvalue weighted by molar-refractivity contribution is 0.148. The van der Waals surface area contributed by atoms with Gasteiger partial charge in [-0.05, 0) is 67.9 Å². The van der Waals surface area contributed by atoms with Gasteiger partial charge in [0.05, 0.1) is 13.2 Å². The molecule has 0 bridgehead atoms. The van der Waals surface area contributed by atoms with Crippen molar-refractivity contribution in [1.82, 2.24) is 0 Å². The highest BCUT2D eigenvalue weighted by atomic mass is 16.5. The van der Waals surface area contributed by atoms with Gasteiger partial charge in [-0.1, -0.05) is 49.4 Å². The smallest absolute Gasteiger partial charge is 0.0721 e. The van der Waals surface area contributed by atoms with Crippen LogP contribution in [0.2, 0.25) is 0 Å². The van der Waals surface area contributed by atoms with Gasteiger partial charge in [0.25, 0.3) is 0 Å². The van der Waals surface area contributed by atoms with E-state index in [2.05, 4.69) is 56.0 Å². The highest BCUT2D eigenvalue weighted by Crippen LogP contribution is 2.37. The predicted octanol–water partition coefficient (Wildman–Crippen LogP) is 6.41. The molecule has 0 spiro atoms. The van der Waals surface area contributed by atoms with Crippen molar-refractivity contribution < 1.29 is 4.74 Å². The van der Waals surface area contributed by atoms with Gasteiger partial charge in [-0.2, -0.15) is 0 Å². The quantitative estimate of drug-likeness (QED) is 0.378. The molecule has 0 heterocycles. The molecule has 1 saturated carbocycles. The fourth-order valence-electron chi connectivity index (χ4n) is 3.50. The minimum Gasteiger partial charge on any atom is -0.373 e. The van der Waals surface area contributed by atoms with Crippen LogP contribution in [0.3, 0.4) is 0 Å². The van der Waals surface area contributed by atoms with Crippen molar-refractivity contribution in [1.29, 1.82) is 0 Å². The highest BCUT2D eigenvalue weighted by Gasteiger charge is 2.21. The second-order valence-electron chi connectivity index (χ2n) is 6.72. The summed E-state index contributed by atoms with van der Waals surface area (Å²) < 4.78 is 5.66. The van der Waals surface area contributed by atoms with Gasteiger partial charge in [0.2, 0.25) is 0 Å². The molecular weight excluding hydrogens is 280 g/mol. The minimum atomic E-state index is 0.711. The van der Waals surface area contributed by atoms with Crippen LogP contribution in [0.5, 0.6) is 0 Å². The fourth-order valence-corrected chi connectivity index (χ4v) is 3.50. The summed E-state index contributed by atoms with van der Waals surface area (Å²) in [5.41, 5.74) is 2.79. The SMILES string of the molecule is C=CCCC1CCC(c2ccc(COC/C=C/CC)cc2)CC1. The van der Waals surface area contributed by atoms with E-state index in [4.69, 9.17) is 4.74 Å². The molecule has 2 rings (SSSR count). The van der Waals surface area contributed by atoms with Crippen molar-refractivity contribution in [3.8, 4) is 0 Å². The molecule has 0 radical (unpaired) electrons. The lowest BCUT2D eigenvalue weighted by atomic mass is 9.77. The van der Waals surface area contributed by atoms with E-state index in [1.165, 1.54) is 49.7 Å². The Labute approximate surface area is 142 Å². The van der Waals surface area contributed by atoms with Crippen molar-refractivity contribution in [3.05, 3.63) is 60.2 Å². The molecule has 1 nitrogen and oxygen atoms in total. The lowest BCUT2D eigenvalue weighted by Crippen LogP contribution is -2.13. The van der Waals surface area contributed by atoms with Crippen molar-refractivity contribution in [2.24, 2.45) is 5.92 Å². The van der Waals surface area contributed by atoms with E-state index in [1.54, 1.807) is 0 Å². The fraction of sp³-hybridized carbons (Fsp3) is 0.545. The van der Waals surface area contributed by atoms with E-state index >= 15 is 0 Å². The Bertz CT molecular complexity index is 463. The summed E-state index contributed by atoms with van der Waals surface area (Å²) >= 11 is 0. The first-order valence-electron chi connectivity index (χ1n) is 9.26. The summed E-state index contributed by atoms with van der Waals surface area (Å²) in [4.78, 5) is 0. The van der Waals surface area contributed by atoms with Gasteiger partial charge < -0.3 is 4.74 Å². The maximum absolute atomic E-state index is 5.66. The number of hydrogen-bond acceptors (Lipinski definition) is 1. The summed E-state index contributed by atoms with van der Waals surface area (Å²) in [5.74, 6) is 1.69. The van der Waals surface area contributed by atoms with Crippen molar-refractivity contribution in [2.45, 2.75) is 64.4 Å². The molecule has 1 heteroatoms. The molecule has 1 aromatic carbocycles. The van der Waals surface area contributed by atoms with Crippen LogP contribution >= 0.6 is 0 Å². The number of hydrogen-bond donors (Lipinski definition) is 0. The largest absolute Gasteiger partial charge is 0.373 e. The van der Waals surface area contributed by atoms with E-state index in [0.717, 1.165) is 18.3 Å². The molecule has 1 aromatic rings. The molecule has 23 heavy (non-hydrogen) atoms. The van der Waals surface area contributed by atoms with E-state index < -0.39 is 0 Å². The summed E-state index contributed by atoms with van der Waals surface area (Å²) in [7, 11) is 0. The first-order chi connectivity index (χ1) is 11.3. The number of allylic oxidation sites excluding steroid dienone is 2. The van der Waals surface area contributed by atoms with E-state index in [9.17, 15) is 0 Å². The standard InChI is InChI=1S/C22H32O/c1-3-5-7-17-23-18-20-11-15-22(16-12-20)21-13-9-19(10-14-21)8-6-4-2/h4-5,7,11-12,15-16,19,21H,2-3,6,8-10,13-14,17-18H2,1H3/b7-5+. The third-order valence-corrected chi connectivity index (χ3v) is 4.96. The average Bonchev–Trinajstić information content (AvgIpc) is 2.61. The van der Waals surface area contributed by atoms with Crippen LogP contribution in [0.4, 0.5) is 0 Å². The molecule has 0 aromatic heterocycles. The Hall–Kier alpha value is -1.34. The second kappa shape index (κ2) is 10.4. The van der Waals surface area contributed by atoms with Crippen LogP contribution in [0.25, 0.3) is 0 Å². The third kappa shape index (κ3) is 6.35. The van der Waals surface area contributed by atoms with Gasteiger partial charge in [-0.3, -0.25) is 0 Å². The summed E-state index contributed by atoms with van der Waals surface area (Å²) in [5, 5.41) is 0. The Kier molecular flexibility index (Phi) is 8.17. The molecule has 1 aliphatic carbocycles. The molecule has 0 aliphatic heterocycles. The van der Waals surface area contributed by atoms with Crippen LogP contribution in [0.1, 0.15) is 68.9 Å². The Morgan fingerprint density at radius 1 is 1.09 bits per heavy atom. The summed E-state index contributed by atoms with van der Waals surface area (Å²) in [6.07, 6.45) is 15.3. The molecule has 0 unspecified atom stereocenters. The molecule has 0 N–H and O–H groups in total. The topological polar surface area (TPSA) is 9.23 Å². The van der Waals surface area contributed by atoms with E-state index in [1.807, 2.05) is 0 Å². The molecule has 0 amide bonds. The first-order valence-corrected chi connectivity index (χ1v) is 9.26. The molecule has 0 saturated heterocycles. The zero-order valence-electron chi connectivity index (χ0n) is 14.7. The van der Waals surface area contributed by atoms with Crippen molar-refractivity contribution in [3.63, 3.8) is 0 Å². The maximum atomic E-state index is 5.66. The lowest BCUT2D eigenvalue weighted by Gasteiger charge is -2.28. The van der Waals surface area contributed by atoms with Crippen molar-refractivity contribution in [2.75, 3.05) is 6.61 Å². The normalized spacial score (nSPS) is 21.6. The zero-order chi connectivity index (χ0) is 16.3. The van der Waals surface area contributed by atoms with E-state index in [0.29, 0.717) is 13.2 Å². The van der Waals surface area contributed by atoms with Crippen LogP contribution in [0.15, 0.2) is 49.1 Å². The average molecular weight is 312 g/mol. The monoisotopic (exact) mass is 312 g/mol. The Morgan fingerprint density at radius 2 is 1.83 bits per heavy atom. The molecule has 0 atom stereocenters. The van der Waals surface area contributed by atoms with Crippen molar-refractivity contribution >= 4 is 0 Å². The molecule has 1 aliphatic rings. The number of benzene rings is 1. The van der Waals surface area contributed by atoms with Gasteiger partial charge in [-0.25, -0.2) is 0 Å². The van der Waals surface area contributed by atoms with E-state index in [-0.39, 0.29) is 0 Å². The maximum Gasteiger partial charge on any atom is 0.0721 e. The van der Waals surface area contributed by atoms with Gasteiger partial charge in [0.15, 0.2) is 0 Å². The minimum absolute atomic E-state index is 0.711. The van der Waals surface area contributed by atoms with Gasteiger partial charge in [0.1, 0.15) is 0 Å². The van der Waals surface area contributed by atoms with Crippen LogP contribution in [-0.2, 0) is 11.3 Å². The third-order valence-electron chi connectivity index (χ3n) is 4.96. The van der Waals surface area contributed by atoms with Crippen LogP contribution < -0.4 is 0 Å². The van der Waals surface area contributed by atoms with Gasteiger partial charge >= 0.3 is 0 Å². The van der Waals surface area contributed by atoms with Crippen LogP contribution in [-0.4, -0.2) is 6.61 Å². The Morgan fingerprint density at radius 3 is 2.48 bits per heavy atom. The molecule has 126 valence electrons. The summed E-state index contributed by atoms with van der Waals surface area (Å²) in [6.45, 7) is 7.40.